The zero-order valence-electron chi connectivity index (χ0n) is 19.3. The van der Waals surface area contributed by atoms with Crippen LogP contribution < -0.4 is 20.1 Å². The Morgan fingerprint density at radius 2 is 1.94 bits per heavy atom. The van der Waals surface area contributed by atoms with Crippen LogP contribution in [-0.2, 0) is 13.1 Å². The van der Waals surface area contributed by atoms with Gasteiger partial charge in [0.05, 0.1) is 14.2 Å². The Balaban J connectivity index is 0.00000306. The number of halogens is 1. The second-order valence-electron chi connectivity index (χ2n) is 7.83. The standard InChI is InChI=1S/C23H31N7O2.HI/c1-4-24-23(25-14-22-28-27-21-7-5-6-9-30(21)22)26-18-8-10-29(16-18)15-17-11-19(31-2)13-20(12-17)32-3;/h5-7,9,11-13,18H,4,8,10,14-16H2,1-3H3,(H2,24,25,26);1H. The Kier molecular flexibility index (Phi) is 9.12. The second kappa shape index (κ2) is 12.0. The number of hydrogen-bond donors (Lipinski definition) is 2. The lowest BCUT2D eigenvalue weighted by Crippen LogP contribution is -2.44. The molecule has 1 atom stereocenters. The van der Waals surface area contributed by atoms with E-state index in [2.05, 4.69) is 44.8 Å². The molecule has 33 heavy (non-hydrogen) atoms. The van der Waals surface area contributed by atoms with E-state index in [0.29, 0.717) is 12.6 Å². The number of benzene rings is 1. The van der Waals surface area contributed by atoms with Gasteiger partial charge in [-0.25, -0.2) is 4.99 Å². The molecule has 10 heteroatoms. The predicted octanol–water partition coefficient (Wildman–Crippen LogP) is 2.69. The Bertz CT molecular complexity index is 1050. The van der Waals surface area contributed by atoms with Crippen molar-refractivity contribution in [2.45, 2.75) is 32.5 Å². The lowest BCUT2D eigenvalue weighted by atomic mass is 10.2. The van der Waals surface area contributed by atoms with Gasteiger partial charge in [0.15, 0.2) is 17.4 Å². The normalized spacial score (nSPS) is 16.5. The number of nitrogens with zero attached hydrogens (tertiary/aromatic N) is 5. The summed E-state index contributed by atoms with van der Waals surface area (Å²) in [6.45, 7) is 6.14. The van der Waals surface area contributed by atoms with E-state index in [0.717, 1.165) is 61.5 Å². The molecule has 1 fully saturated rings. The maximum absolute atomic E-state index is 5.40. The zero-order chi connectivity index (χ0) is 22.3. The molecule has 2 N–H and O–H groups in total. The summed E-state index contributed by atoms with van der Waals surface area (Å²) in [4.78, 5) is 7.18. The van der Waals surface area contributed by atoms with Gasteiger partial charge in [-0.05, 0) is 43.2 Å². The number of ether oxygens (including phenoxy) is 2. The Labute approximate surface area is 211 Å². The van der Waals surface area contributed by atoms with Gasteiger partial charge in [0.25, 0.3) is 0 Å². The second-order valence-corrected chi connectivity index (χ2v) is 7.83. The van der Waals surface area contributed by atoms with Crippen LogP contribution in [0, 0.1) is 0 Å². The highest BCUT2D eigenvalue weighted by atomic mass is 127. The summed E-state index contributed by atoms with van der Waals surface area (Å²) in [5.41, 5.74) is 2.01. The molecule has 1 unspecified atom stereocenters. The third kappa shape index (κ3) is 6.47. The van der Waals surface area contributed by atoms with E-state index in [1.54, 1.807) is 14.2 Å². The predicted molar refractivity (Wildman–Crippen MR) is 140 cm³/mol. The van der Waals surface area contributed by atoms with Crippen LogP contribution in [0.3, 0.4) is 0 Å². The number of methoxy groups -OCH3 is 2. The van der Waals surface area contributed by atoms with Crippen molar-refractivity contribution in [2.24, 2.45) is 4.99 Å². The van der Waals surface area contributed by atoms with Crippen molar-refractivity contribution in [3.8, 4) is 11.5 Å². The quantitative estimate of drug-likeness (QED) is 0.247. The van der Waals surface area contributed by atoms with E-state index in [1.807, 2.05) is 34.9 Å². The van der Waals surface area contributed by atoms with Gasteiger partial charge in [0.2, 0.25) is 0 Å². The largest absolute Gasteiger partial charge is 0.497 e. The summed E-state index contributed by atoms with van der Waals surface area (Å²) in [6.07, 6.45) is 3.02. The Morgan fingerprint density at radius 1 is 1.15 bits per heavy atom. The molecule has 178 valence electrons. The van der Waals surface area contributed by atoms with Crippen LogP contribution in [0.5, 0.6) is 11.5 Å². The summed E-state index contributed by atoms with van der Waals surface area (Å²) in [6, 6.07) is 12.2. The molecule has 0 saturated carbocycles. The Morgan fingerprint density at radius 3 is 2.67 bits per heavy atom. The number of hydrogen-bond acceptors (Lipinski definition) is 6. The first-order chi connectivity index (χ1) is 15.7. The van der Waals surface area contributed by atoms with E-state index in [9.17, 15) is 0 Å². The molecule has 0 aliphatic carbocycles. The number of rotatable bonds is 8. The number of guanidine groups is 1. The third-order valence-corrected chi connectivity index (χ3v) is 5.54. The first-order valence-electron chi connectivity index (χ1n) is 11.0. The molecule has 1 aliphatic rings. The van der Waals surface area contributed by atoms with E-state index in [1.165, 1.54) is 5.56 Å². The van der Waals surface area contributed by atoms with E-state index < -0.39 is 0 Å². The lowest BCUT2D eigenvalue weighted by Gasteiger charge is -2.19. The van der Waals surface area contributed by atoms with Crippen molar-refractivity contribution in [1.29, 1.82) is 0 Å². The highest BCUT2D eigenvalue weighted by Crippen LogP contribution is 2.24. The van der Waals surface area contributed by atoms with Crippen LogP contribution in [0.25, 0.3) is 5.65 Å². The highest BCUT2D eigenvalue weighted by Gasteiger charge is 2.23. The molecule has 4 rings (SSSR count). The van der Waals surface area contributed by atoms with Crippen LogP contribution >= 0.6 is 24.0 Å². The van der Waals surface area contributed by atoms with Crippen LogP contribution in [-0.4, -0.2) is 65.4 Å². The van der Waals surface area contributed by atoms with Crippen LogP contribution in [0.4, 0.5) is 0 Å². The summed E-state index contributed by atoms with van der Waals surface area (Å²) in [5, 5.41) is 15.4. The van der Waals surface area contributed by atoms with Crippen molar-refractivity contribution in [3.05, 3.63) is 54.0 Å². The molecular formula is C23H32IN7O2. The van der Waals surface area contributed by atoms with Crippen molar-refractivity contribution in [1.82, 2.24) is 30.1 Å². The number of pyridine rings is 1. The zero-order valence-corrected chi connectivity index (χ0v) is 21.7. The van der Waals surface area contributed by atoms with Crippen molar-refractivity contribution in [3.63, 3.8) is 0 Å². The van der Waals surface area contributed by atoms with Gasteiger partial charge in [-0.1, -0.05) is 6.07 Å². The van der Waals surface area contributed by atoms with Gasteiger partial charge in [-0.2, -0.15) is 0 Å². The van der Waals surface area contributed by atoms with Crippen LogP contribution in [0.15, 0.2) is 47.6 Å². The number of likely N-dealkylation sites (tertiary alicyclic amines) is 1. The minimum absolute atomic E-state index is 0. The molecular weight excluding hydrogens is 533 g/mol. The third-order valence-electron chi connectivity index (χ3n) is 5.54. The minimum Gasteiger partial charge on any atom is -0.497 e. The molecule has 3 heterocycles. The molecule has 0 spiro atoms. The topological polar surface area (TPSA) is 88.3 Å². The fourth-order valence-corrected chi connectivity index (χ4v) is 3.97. The molecule has 1 aromatic carbocycles. The van der Waals surface area contributed by atoms with Gasteiger partial charge < -0.3 is 20.1 Å². The van der Waals surface area contributed by atoms with Gasteiger partial charge in [0.1, 0.15) is 18.0 Å². The number of aliphatic imine (C=N–C) groups is 1. The minimum atomic E-state index is 0. The van der Waals surface area contributed by atoms with Gasteiger partial charge in [-0.15, -0.1) is 34.2 Å². The SMILES string of the molecule is CCNC(=NCc1nnc2ccccn12)NC1CCN(Cc2cc(OC)cc(OC)c2)C1.I. The molecule has 0 bridgehead atoms. The summed E-state index contributed by atoms with van der Waals surface area (Å²) in [7, 11) is 3.36. The average molecular weight is 565 g/mol. The molecule has 3 aromatic rings. The van der Waals surface area contributed by atoms with Crippen molar-refractivity contribution < 1.29 is 9.47 Å². The van der Waals surface area contributed by atoms with Crippen molar-refractivity contribution >= 4 is 35.6 Å². The Hall–Kier alpha value is -2.60. The van der Waals surface area contributed by atoms with E-state index in [-0.39, 0.29) is 24.0 Å². The molecule has 1 aliphatic heterocycles. The van der Waals surface area contributed by atoms with E-state index in [4.69, 9.17) is 14.5 Å². The summed E-state index contributed by atoms with van der Waals surface area (Å²) < 4.78 is 12.8. The fraction of sp³-hybridized carbons (Fsp3) is 0.435. The maximum atomic E-state index is 5.40. The number of fused-ring (bicyclic) bond motifs is 1. The first kappa shape index (κ1) is 25.0. The first-order valence-corrected chi connectivity index (χ1v) is 11.0. The summed E-state index contributed by atoms with van der Waals surface area (Å²) >= 11 is 0. The highest BCUT2D eigenvalue weighted by molar-refractivity contribution is 14.0. The molecule has 0 radical (unpaired) electrons. The molecule has 9 nitrogen and oxygen atoms in total. The molecule has 1 saturated heterocycles. The maximum Gasteiger partial charge on any atom is 0.191 e. The fourth-order valence-electron chi connectivity index (χ4n) is 3.97. The van der Waals surface area contributed by atoms with Gasteiger partial charge in [0, 0.05) is 44.5 Å². The number of nitrogens with one attached hydrogen (secondary N) is 2. The van der Waals surface area contributed by atoms with Gasteiger partial charge in [-0.3, -0.25) is 9.30 Å². The summed E-state index contributed by atoms with van der Waals surface area (Å²) in [5.74, 6) is 3.25. The molecule has 2 aromatic heterocycles. The smallest absolute Gasteiger partial charge is 0.191 e. The lowest BCUT2D eigenvalue weighted by molar-refractivity contribution is 0.321. The average Bonchev–Trinajstić information content (AvgIpc) is 3.44. The van der Waals surface area contributed by atoms with Gasteiger partial charge >= 0.3 is 0 Å². The van der Waals surface area contributed by atoms with Crippen molar-refractivity contribution in [2.75, 3.05) is 33.9 Å². The van der Waals surface area contributed by atoms with Crippen LogP contribution in [0.2, 0.25) is 0 Å². The number of aromatic nitrogens is 3. The van der Waals surface area contributed by atoms with E-state index >= 15 is 0 Å². The van der Waals surface area contributed by atoms with Crippen LogP contribution in [0.1, 0.15) is 24.7 Å². The molecule has 0 amide bonds. The monoisotopic (exact) mass is 565 g/mol.